The van der Waals surface area contributed by atoms with Crippen molar-refractivity contribution in [3.63, 3.8) is 0 Å². The summed E-state index contributed by atoms with van der Waals surface area (Å²) in [6, 6.07) is 3.13. The number of aromatic nitrogens is 4. The molecular formula is C28H35F2N7O. The van der Waals surface area contributed by atoms with Crippen LogP contribution in [0.4, 0.5) is 20.7 Å². The van der Waals surface area contributed by atoms with Crippen molar-refractivity contribution in [3.8, 4) is 5.75 Å². The lowest BCUT2D eigenvalue weighted by molar-refractivity contribution is 0.132. The first-order valence-electron chi connectivity index (χ1n) is 13.4. The van der Waals surface area contributed by atoms with Crippen LogP contribution in [0, 0.1) is 17.6 Å². The zero-order valence-corrected chi connectivity index (χ0v) is 21.9. The number of hydrogen-bond donors (Lipinski definition) is 1. The zero-order valence-electron chi connectivity index (χ0n) is 21.9. The summed E-state index contributed by atoms with van der Waals surface area (Å²) in [7, 11) is 0. The molecule has 2 aromatic heterocycles. The Balaban J connectivity index is 1.13. The fraction of sp³-hybridized carbons (Fsp3) is 0.500. The van der Waals surface area contributed by atoms with Crippen molar-refractivity contribution in [1.29, 1.82) is 0 Å². The van der Waals surface area contributed by atoms with E-state index < -0.39 is 11.6 Å². The number of hydrogen-bond acceptors (Lipinski definition) is 8. The van der Waals surface area contributed by atoms with E-state index in [4.69, 9.17) is 10.5 Å². The first kappa shape index (κ1) is 26.2. The lowest BCUT2D eigenvalue weighted by Gasteiger charge is -2.34. The molecule has 2 fully saturated rings. The quantitative estimate of drug-likeness (QED) is 0.472. The van der Waals surface area contributed by atoms with Gasteiger partial charge in [0.15, 0.2) is 5.75 Å². The van der Waals surface area contributed by atoms with Crippen LogP contribution in [-0.4, -0.2) is 58.3 Å². The third kappa shape index (κ3) is 5.85. The van der Waals surface area contributed by atoms with Crippen LogP contribution >= 0.6 is 0 Å². The van der Waals surface area contributed by atoms with E-state index in [-0.39, 0.29) is 18.1 Å². The summed E-state index contributed by atoms with van der Waals surface area (Å²) < 4.78 is 34.2. The molecule has 1 aromatic carbocycles. The van der Waals surface area contributed by atoms with E-state index in [1.165, 1.54) is 11.6 Å². The molecule has 2 aliphatic rings. The molecule has 4 heterocycles. The Morgan fingerprint density at radius 1 is 0.974 bits per heavy atom. The van der Waals surface area contributed by atoms with Crippen molar-refractivity contribution in [2.45, 2.75) is 57.6 Å². The standard InChI is InChI=1S/C28H35F2N7O/c1-3-4-19-12-32-27(33-13-19)36-9-7-20(8-10-36)18(2)38-22-14-34-28(35-15-22)37-16-24(26(31)17-37)23-11-21(29)5-6-25(23)30/h5-6,11-15,18,20,24,26H,3-4,7-10,16-17,31H2,1-2H3/t18-,24+,26-/m0/s1. The number of nitrogens with zero attached hydrogens (tertiary/aromatic N) is 6. The summed E-state index contributed by atoms with van der Waals surface area (Å²) in [6.07, 6.45) is 11.3. The predicted molar refractivity (Wildman–Crippen MR) is 142 cm³/mol. The lowest BCUT2D eigenvalue weighted by Crippen LogP contribution is -2.39. The Morgan fingerprint density at radius 3 is 2.32 bits per heavy atom. The van der Waals surface area contributed by atoms with Gasteiger partial charge < -0.3 is 20.3 Å². The van der Waals surface area contributed by atoms with Gasteiger partial charge in [0, 0.05) is 50.5 Å². The second-order valence-electron chi connectivity index (χ2n) is 10.3. The van der Waals surface area contributed by atoms with Crippen LogP contribution in [0.3, 0.4) is 0 Å². The minimum absolute atomic E-state index is 0.0139. The summed E-state index contributed by atoms with van der Waals surface area (Å²) in [5.74, 6) is 1.05. The average molecular weight is 524 g/mol. The van der Waals surface area contributed by atoms with Crippen LogP contribution in [0.15, 0.2) is 43.0 Å². The Morgan fingerprint density at radius 2 is 1.63 bits per heavy atom. The van der Waals surface area contributed by atoms with E-state index in [0.29, 0.717) is 36.3 Å². The summed E-state index contributed by atoms with van der Waals surface area (Å²) in [5, 5.41) is 0. The summed E-state index contributed by atoms with van der Waals surface area (Å²) in [6.45, 7) is 6.90. The van der Waals surface area contributed by atoms with Gasteiger partial charge in [0.1, 0.15) is 11.6 Å². The molecule has 8 nitrogen and oxygen atoms in total. The molecule has 0 saturated carbocycles. The minimum Gasteiger partial charge on any atom is -0.487 e. The van der Waals surface area contributed by atoms with Gasteiger partial charge in [0.25, 0.3) is 0 Å². The monoisotopic (exact) mass is 523 g/mol. The molecular weight excluding hydrogens is 488 g/mol. The molecule has 0 aliphatic carbocycles. The first-order valence-corrected chi connectivity index (χ1v) is 13.4. The highest BCUT2D eigenvalue weighted by Crippen LogP contribution is 2.31. The van der Waals surface area contributed by atoms with Crippen LogP contribution in [0.1, 0.15) is 50.2 Å². The van der Waals surface area contributed by atoms with Gasteiger partial charge >= 0.3 is 0 Å². The number of piperidine rings is 1. The Hall–Kier alpha value is -3.40. The maximum absolute atomic E-state index is 14.3. The van der Waals surface area contributed by atoms with E-state index in [0.717, 1.165) is 56.9 Å². The van der Waals surface area contributed by atoms with Crippen molar-refractivity contribution >= 4 is 11.9 Å². The fourth-order valence-corrected chi connectivity index (χ4v) is 5.46. The molecule has 0 bridgehead atoms. The molecule has 2 N–H and O–H groups in total. The van der Waals surface area contributed by atoms with Gasteiger partial charge in [-0.25, -0.2) is 28.7 Å². The maximum atomic E-state index is 14.3. The molecule has 0 spiro atoms. The van der Waals surface area contributed by atoms with E-state index >= 15 is 0 Å². The van der Waals surface area contributed by atoms with Crippen LogP contribution in [0.25, 0.3) is 0 Å². The molecule has 38 heavy (non-hydrogen) atoms. The highest BCUT2D eigenvalue weighted by atomic mass is 19.1. The molecule has 3 aromatic rings. The molecule has 10 heteroatoms. The van der Waals surface area contributed by atoms with Gasteiger partial charge in [-0.05, 0) is 61.4 Å². The first-order chi connectivity index (χ1) is 18.4. The van der Waals surface area contributed by atoms with Gasteiger partial charge in [-0.3, -0.25) is 0 Å². The molecule has 202 valence electrons. The Kier molecular flexibility index (Phi) is 7.97. The molecule has 5 rings (SSSR count). The van der Waals surface area contributed by atoms with Crippen LogP contribution in [0.2, 0.25) is 0 Å². The van der Waals surface area contributed by atoms with Crippen molar-refractivity contribution in [2.75, 3.05) is 36.0 Å². The molecule has 2 saturated heterocycles. The van der Waals surface area contributed by atoms with Crippen molar-refractivity contribution in [2.24, 2.45) is 11.7 Å². The molecule has 0 amide bonds. The number of benzene rings is 1. The molecule has 2 aliphatic heterocycles. The highest BCUT2D eigenvalue weighted by Gasteiger charge is 2.34. The number of aryl methyl sites for hydroxylation is 1. The second kappa shape index (κ2) is 11.6. The molecule has 0 unspecified atom stereocenters. The van der Waals surface area contributed by atoms with Gasteiger partial charge in [-0.15, -0.1) is 0 Å². The Bertz CT molecular complexity index is 1200. The van der Waals surface area contributed by atoms with E-state index in [9.17, 15) is 8.78 Å². The number of ether oxygens (including phenoxy) is 1. The van der Waals surface area contributed by atoms with Crippen LogP contribution in [-0.2, 0) is 6.42 Å². The predicted octanol–water partition coefficient (Wildman–Crippen LogP) is 4.11. The van der Waals surface area contributed by atoms with Gasteiger partial charge in [0.05, 0.1) is 18.5 Å². The summed E-state index contributed by atoms with van der Waals surface area (Å²) in [4.78, 5) is 22.2. The largest absolute Gasteiger partial charge is 0.487 e. The van der Waals surface area contributed by atoms with Crippen molar-refractivity contribution in [3.05, 3.63) is 65.7 Å². The second-order valence-corrected chi connectivity index (χ2v) is 10.3. The lowest BCUT2D eigenvalue weighted by atomic mass is 9.92. The topological polar surface area (TPSA) is 93.3 Å². The SMILES string of the molecule is CCCc1cnc(N2CCC([C@H](C)Oc3cnc(N4C[C@H](c5cc(F)ccc5F)[C@@H](N)C4)nc3)CC2)nc1. The van der Waals surface area contributed by atoms with Crippen LogP contribution < -0.4 is 20.3 Å². The normalized spacial score (nSPS) is 21.1. The molecule has 3 atom stereocenters. The van der Waals surface area contributed by atoms with Gasteiger partial charge in [0.2, 0.25) is 11.9 Å². The highest BCUT2D eigenvalue weighted by molar-refractivity contribution is 5.39. The number of rotatable bonds is 8. The van der Waals surface area contributed by atoms with E-state index in [1.807, 2.05) is 17.3 Å². The molecule has 0 radical (unpaired) electrons. The summed E-state index contributed by atoms with van der Waals surface area (Å²) in [5.41, 5.74) is 7.75. The third-order valence-electron chi connectivity index (χ3n) is 7.66. The minimum atomic E-state index is -0.473. The zero-order chi connectivity index (χ0) is 26.6. The smallest absolute Gasteiger partial charge is 0.225 e. The number of halogens is 2. The van der Waals surface area contributed by atoms with Crippen molar-refractivity contribution in [1.82, 2.24) is 19.9 Å². The van der Waals surface area contributed by atoms with Gasteiger partial charge in [-0.2, -0.15) is 0 Å². The van der Waals surface area contributed by atoms with Gasteiger partial charge in [-0.1, -0.05) is 13.3 Å². The average Bonchev–Trinajstić information content (AvgIpc) is 3.32. The maximum Gasteiger partial charge on any atom is 0.225 e. The third-order valence-corrected chi connectivity index (χ3v) is 7.66. The fourth-order valence-electron chi connectivity index (χ4n) is 5.46. The van der Waals surface area contributed by atoms with E-state index in [1.54, 1.807) is 12.4 Å². The number of anilines is 2. The summed E-state index contributed by atoms with van der Waals surface area (Å²) >= 11 is 0. The van der Waals surface area contributed by atoms with Crippen molar-refractivity contribution < 1.29 is 13.5 Å². The number of nitrogens with two attached hydrogens (primary N) is 1. The van der Waals surface area contributed by atoms with E-state index in [2.05, 4.69) is 38.7 Å². The van der Waals surface area contributed by atoms with Crippen LogP contribution in [0.5, 0.6) is 5.75 Å². The Labute approximate surface area is 222 Å².